The Kier molecular flexibility index (Phi) is 8.41. The molecule has 0 fully saturated rings. The predicted molar refractivity (Wildman–Crippen MR) is 111 cm³/mol. The standard InChI is InChI=1S/C20H30N4OS/c1-5-17-14-24-19(26-17)10-12-23-20(21-6-2)22-11-9-16-8-7-15(3)18(13-16)25-4/h7-8,13-14H,5-6,9-12H2,1-4H3,(H2,21,22,23). The highest BCUT2D eigenvalue weighted by molar-refractivity contribution is 7.11. The molecule has 0 saturated carbocycles. The third-order valence-corrected chi connectivity index (χ3v) is 5.27. The van der Waals surface area contributed by atoms with Crippen LogP contribution < -0.4 is 15.4 Å². The quantitative estimate of drug-likeness (QED) is 0.522. The molecule has 0 radical (unpaired) electrons. The zero-order valence-electron chi connectivity index (χ0n) is 16.3. The number of aromatic nitrogens is 1. The van der Waals surface area contributed by atoms with Crippen LogP contribution in [0.1, 0.15) is 34.9 Å². The SMILES string of the molecule is CCNC(=NCCc1ncc(CC)s1)NCCc1ccc(C)c(OC)c1. The first-order valence-corrected chi connectivity index (χ1v) is 10.1. The summed E-state index contributed by atoms with van der Waals surface area (Å²) in [6, 6.07) is 6.36. The van der Waals surface area contributed by atoms with E-state index in [1.54, 1.807) is 18.4 Å². The first-order chi connectivity index (χ1) is 12.7. The first-order valence-electron chi connectivity index (χ1n) is 9.25. The van der Waals surface area contributed by atoms with Gasteiger partial charge < -0.3 is 15.4 Å². The van der Waals surface area contributed by atoms with Gasteiger partial charge in [0.1, 0.15) is 5.75 Å². The van der Waals surface area contributed by atoms with E-state index >= 15 is 0 Å². The maximum absolute atomic E-state index is 5.40. The van der Waals surface area contributed by atoms with Crippen molar-refractivity contribution in [1.82, 2.24) is 15.6 Å². The molecular weight excluding hydrogens is 344 g/mol. The molecule has 2 aromatic rings. The molecule has 0 atom stereocenters. The highest BCUT2D eigenvalue weighted by atomic mass is 32.1. The predicted octanol–water partition coefficient (Wildman–Crippen LogP) is 3.36. The monoisotopic (exact) mass is 374 g/mol. The zero-order chi connectivity index (χ0) is 18.8. The molecule has 0 aliphatic rings. The molecule has 0 aliphatic heterocycles. The van der Waals surface area contributed by atoms with Gasteiger partial charge in [0.2, 0.25) is 0 Å². The molecule has 0 unspecified atom stereocenters. The van der Waals surface area contributed by atoms with Crippen LogP contribution in [0.3, 0.4) is 0 Å². The Bertz CT molecular complexity index is 712. The Balaban J connectivity index is 1.83. The molecule has 0 amide bonds. The summed E-state index contributed by atoms with van der Waals surface area (Å²) in [4.78, 5) is 10.4. The molecule has 0 spiro atoms. The summed E-state index contributed by atoms with van der Waals surface area (Å²) in [6.07, 6.45) is 4.84. The normalized spacial score (nSPS) is 11.5. The van der Waals surface area contributed by atoms with Gasteiger partial charge in [-0.15, -0.1) is 11.3 Å². The van der Waals surface area contributed by atoms with Gasteiger partial charge in [0.05, 0.1) is 12.1 Å². The fraction of sp³-hybridized carbons (Fsp3) is 0.500. The number of guanidine groups is 1. The number of ether oxygens (including phenoxy) is 1. The highest BCUT2D eigenvalue weighted by Gasteiger charge is 2.03. The molecule has 0 bridgehead atoms. The summed E-state index contributed by atoms with van der Waals surface area (Å²) in [5.41, 5.74) is 2.42. The summed E-state index contributed by atoms with van der Waals surface area (Å²) in [5.74, 6) is 1.80. The summed E-state index contributed by atoms with van der Waals surface area (Å²) in [5, 5.41) is 7.87. The van der Waals surface area contributed by atoms with E-state index in [1.807, 2.05) is 6.20 Å². The lowest BCUT2D eigenvalue weighted by Crippen LogP contribution is -2.38. The smallest absolute Gasteiger partial charge is 0.191 e. The van der Waals surface area contributed by atoms with E-state index in [4.69, 9.17) is 4.74 Å². The third-order valence-electron chi connectivity index (χ3n) is 4.07. The van der Waals surface area contributed by atoms with Gasteiger partial charge in [-0.2, -0.15) is 0 Å². The number of thiazole rings is 1. The Morgan fingerprint density at radius 2 is 2.08 bits per heavy atom. The van der Waals surface area contributed by atoms with E-state index in [0.717, 1.165) is 61.2 Å². The summed E-state index contributed by atoms with van der Waals surface area (Å²) < 4.78 is 5.40. The Labute approximate surface area is 160 Å². The molecule has 2 rings (SSSR count). The zero-order valence-corrected chi connectivity index (χ0v) is 17.1. The number of nitrogens with zero attached hydrogens (tertiary/aromatic N) is 2. The highest BCUT2D eigenvalue weighted by Crippen LogP contribution is 2.19. The van der Waals surface area contributed by atoms with E-state index in [1.165, 1.54) is 10.4 Å². The van der Waals surface area contributed by atoms with E-state index in [2.05, 4.69) is 59.6 Å². The molecule has 5 nitrogen and oxygen atoms in total. The van der Waals surface area contributed by atoms with Gasteiger partial charge in [0, 0.05) is 37.1 Å². The molecule has 142 valence electrons. The van der Waals surface area contributed by atoms with Gasteiger partial charge in [-0.1, -0.05) is 19.1 Å². The van der Waals surface area contributed by atoms with Crippen molar-refractivity contribution in [2.24, 2.45) is 4.99 Å². The van der Waals surface area contributed by atoms with Gasteiger partial charge in [0.25, 0.3) is 0 Å². The summed E-state index contributed by atoms with van der Waals surface area (Å²) in [7, 11) is 1.71. The number of aryl methyl sites for hydroxylation is 2. The Hall–Kier alpha value is -2.08. The van der Waals surface area contributed by atoms with Crippen molar-refractivity contribution < 1.29 is 4.74 Å². The minimum atomic E-state index is 0.740. The number of rotatable bonds is 9. The second-order valence-corrected chi connectivity index (χ2v) is 7.27. The Morgan fingerprint density at radius 1 is 1.23 bits per heavy atom. The van der Waals surface area contributed by atoms with Gasteiger partial charge in [-0.05, 0) is 43.9 Å². The fourth-order valence-electron chi connectivity index (χ4n) is 2.58. The molecule has 6 heteroatoms. The number of hydrogen-bond acceptors (Lipinski definition) is 4. The van der Waals surface area contributed by atoms with E-state index in [9.17, 15) is 0 Å². The maximum Gasteiger partial charge on any atom is 0.191 e. The molecule has 1 aromatic carbocycles. The number of methoxy groups -OCH3 is 1. The van der Waals surface area contributed by atoms with E-state index < -0.39 is 0 Å². The minimum absolute atomic E-state index is 0.740. The van der Waals surface area contributed by atoms with Crippen molar-refractivity contribution in [3.05, 3.63) is 45.4 Å². The molecule has 1 heterocycles. The molecule has 2 N–H and O–H groups in total. The third kappa shape index (κ3) is 6.33. The van der Waals surface area contributed by atoms with Gasteiger partial charge in [-0.3, -0.25) is 4.99 Å². The van der Waals surface area contributed by atoms with Crippen LogP contribution in [-0.2, 0) is 19.3 Å². The number of nitrogens with one attached hydrogen (secondary N) is 2. The second-order valence-electron chi connectivity index (χ2n) is 6.07. The van der Waals surface area contributed by atoms with Crippen molar-refractivity contribution in [3.8, 4) is 5.75 Å². The fourth-order valence-corrected chi connectivity index (χ4v) is 3.43. The summed E-state index contributed by atoms with van der Waals surface area (Å²) in [6.45, 7) is 8.71. The molecule has 0 aliphatic carbocycles. The average molecular weight is 375 g/mol. The molecule has 1 aromatic heterocycles. The lowest BCUT2D eigenvalue weighted by molar-refractivity contribution is 0.411. The Morgan fingerprint density at radius 3 is 2.77 bits per heavy atom. The van der Waals surface area contributed by atoms with E-state index in [0.29, 0.717) is 0 Å². The summed E-state index contributed by atoms with van der Waals surface area (Å²) >= 11 is 1.78. The van der Waals surface area contributed by atoms with Crippen LogP contribution in [0.5, 0.6) is 5.75 Å². The average Bonchev–Trinajstić information content (AvgIpc) is 3.11. The maximum atomic E-state index is 5.40. The lowest BCUT2D eigenvalue weighted by Gasteiger charge is -2.12. The van der Waals surface area contributed by atoms with Crippen LogP contribution >= 0.6 is 11.3 Å². The van der Waals surface area contributed by atoms with Gasteiger partial charge in [-0.25, -0.2) is 4.98 Å². The second kappa shape index (κ2) is 10.8. The van der Waals surface area contributed by atoms with Crippen LogP contribution in [0.2, 0.25) is 0 Å². The largest absolute Gasteiger partial charge is 0.496 e. The first kappa shape index (κ1) is 20.2. The van der Waals surface area contributed by atoms with Crippen LogP contribution in [-0.4, -0.2) is 37.7 Å². The topological polar surface area (TPSA) is 58.5 Å². The van der Waals surface area contributed by atoms with Crippen molar-refractivity contribution in [3.63, 3.8) is 0 Å². The molecular formula is C20H30N4OS. The van der Waals surface area contributed by atoms with Gasteiger partial charge in [0.15, 0.2) is 5.96 Å². The van der Waals surface area contributed by atoms with Gasteiger partial charge >= 0.3 is 0 Å². The van der Waals surface area contributed by atoms with Crippen LogP contribution in [0, 0.1) is 6.92 Å². The van der Waals surface area contributed by atoms with Crippen LogP contribution in [0.4, 0.5) is 0 Å². The van der Waals surface area contributed by atoms with Crippen molar-refractivity contribution in [2.45, 2.75) is 40.0 Å². The number of aliphatic imine (C=N–C) groups is 1. The molecule has 26 heavy (non-hydrogen) atoms. The lowest BCUT2D eigenvalue weighted by atomic mass is 10.1. The number of hydrogen-bond donors (Lipinski definition) is 2. The van der Waals surface area contributed by atoms with Crippen LogP contribution in [0.15, 0.2) is 29.4 Å². The van der Waals surface area contributed by atoms with Crippen molar-refractivity contribution in [1.29, 1.82) is 0 Å². The van der Waals surface area contributed by atoms with Crippen molar-refractivity contribution in [2.75, 3.05) is 26.7 Å². The number of benzene rings is 1. The van der Waals surface area contributed by atoms with Crippen LogP contribution in [0.25, 0.3) is 0 Å². The minimum Gasteiger partial charge on any atom is -0.496 e. The van der Waals surface area contributed by atoms with E-state index in [-0.39, 0.29) is 0 Å². The van der Waals surface area contributed by atoms with Crippen molar-refractivity contribution >= 4 is 17.3 Å². The molecule has 0 saturated heterocycles.